The summed E-state index contributed by atoms with van der Waals surface area (Å²) in [5.41, 5.74) is -0.364. The van der Waals surface area contributed by atoms with Crippen LogP contribution in [0.3, 0.4) is 0 Å². The van der Waals surface area contributed by atoms with Crippen molar-refractivity contribution in [2.24, 2.45) is 0 Å². The van der Waals surface area contributed by atoms with Crippen molar-refractivity contribution < 1.29 is 9.53 Å². The van der Waals surface area contributed by atoms with Crippen molar-refractivity contribution in [2.75, 3.05) is 26.8 Å². The Morgan fingerprint density at radius 2 is 2.29 bits per heavy atom. The largest absolute Gasteiger partial charge is 0.383 e. The summed E-state index contributed by atoms with van der Waals surface area (Å²) in [6.45, 7) is 8.47. The van der Waals surface area contributed by atoms with Crippen molar-refractivity contribution in [2.45, 2.75) is 51.6 Å². The van der Waals surface area contributed by atoms with E-state index in [9.17, 15) is 4.79 Å². The number of amides is 1. The first-order chi connectivity index (χ1) is 8.05. The molecule has 1 heterocycles. The van der Waals surface area contributed by atoms with Gasteiger partial charge in [-0.25, -0.2) is 0 Å². The molecule has 0 saturated carbocycles. The maximum absolute atomic E-state index is 12.6. The third-order valence-corrected chi connectivity index (χ3v) is 3.76. The van der Waals surface area contributed by atoms with E-state index in [1.54, 1.807) is 7.11 Å². The van der Waals surface area contributed by atoms with Gasteiger partial charge in [-0.3, -0.25) is 4.79 Å². The summed E-state index contributed by atoms with van der Waals surface area (Å²) in [7, 11) is 1.68. The Bertz CT molecular complexity index is 250. The van der Waals surface area contributed by atoms with Gasteiger partial charge in [-0.05, 0) is 39.7 Å². The second kappa shape index (κ2) is 6.36. The Kier molecular flexibility index (Phi) is 5.40. The molecule has 0 spiro atoms. The Balaban J connectivity index is 2.70. The van der Waals surface area contributed by atoms with Crippen LogP contribution < -0.4 is 5.32 Å². The first kappa shape index (κ1) is 14.5. The van der Waals surface area contributed by atoms with Crippen molar-refractivity contribution in [3.05, 3.63) is 0 Å². The van der Waals surface area contributed by atoms with E-state index in [2.05, 4.69) is 19.2 Å². The molecule has 17 heavy (non-hydrogen) atoms. The second-order valence-corrected chi connectivity index (χ2v) is 5.11. The molecule has 0 radical (unpaired) electrons. The number of nitrogens with zero attached hydrogens (tertiary/aromatic N) is 1. The smallest absolute Gasteiger partial charge is 0.242 e. The molecular formula is C13H26N2O2. The van der Waals surface area contributed by atoms with Gasteiger partial charge in [0.25, 0.3) is 0 Å². The van der Waals surface area contributed by atoms with Crippen LogP contribution in [0.1, 0.15) is 40.0 Å². The monoisotopic (exact) mass is 242 g/mol. The number of ether oxygens (including phenoxy) is 1. The van der Waals surface area contributed by atoms with E-state index in [0.717, 1.165) is 25.8 Å². The SMILES string of the molecule is CCC(C)N(CCOC)C(=O)C1(C)CCCN1. The number of methoxy groups -OCH3 is 1. The van der Waals surface area contributed by atoms with Gasteiger partial charge < -0.3 is 15.0 Å². The van der Waals surface area contributed by atoms with Crippen LogP contribution in [-0.4, -0.2) is 49.2 Å². The van der Waals surface area contributed by atoms with Crippen LogP contribution >= 0.6 is 0 Å². The molecule has 100 valence electrons. The minimum atomic E-state index is -0.364. The predicted octanol–water partition coefficient (Wildman–Crippen LogP) is 1.40. The van der Waals surface area contributed by atoms with Gasteiger partial charge in [0, 0.05) is 19.7 Å². The average Bonchev–Trinajstić information content (AvgIpc) is 2.77. The summed E-state index contributed by atoms with van der Waals surface area (Å²) < 4.78 is 5.10. The first-order valence-electron chi connectivity index (χ1n) is 6.60. The third-order valence-electron chi connectivity index (χ3n) is 3.76. The highest BCUT2D eigenvalue weighted by molar-refractivity contribution is 5.86. The molecule has 2 atom stereocenters. The molecule has 1 rings (SSSR count). The molecule has 0 aliphatic carbocycles. The maximum Gasteiger partial charge on any atom is 0.242 e. The third kappa shape index (κ3) is 3.42. The molecule has 1 N–H and O–H groups in total. The van der Waals surface area contributed by atoms with Crippen molar-refractivity contribution in [1.82, 2.24) is 10.2 Å². The highest BCUT2D eigenvalue weighted by atomic mass is 16.5. The van der Waals surface area contributed by atoms with E-state index < -0.39 is 0 Å². The lowest BCUT2D eigenvalue weighted by molar-refractivity contribution is -0.140. The summed E-state index contributed by atoms with van der Waals surface area (Å²) in [6.07, 6.45) is 3.00. The van der Waals surface area contributed by atoms with Gasteiger partial charge >= 0.3 is 0 Å². The molecule has 4 heteroatoms. The molecule has 0 bridgehead atoms. The van der Waals surface area contributed by atoms with Gasteiger partial charge in [-0.2, -0.15) is 0 Å². The van der Waals surface area contributed by atoms with E-state index in [0.29, 0.717) is 13.2 Å². The minimum absolute atomic E-state index is 0.224. The van der Waals surface area contributed by atoms with Gasteiger partial charge in [0.05, 0.1) is 12.1 Å². The Morgan fingerprint density at radius 3 is 2.76 bits per heavy atom. The van der Waals surface area contributed by atoms with Gasteiger partial charge in [0.15, 0.2) is 0 Å². The molecule has 1 fully saturated rings. The molecule has 1 saturated heterocycles. The van der Waals surface area contributed by atoms with E-state index >= 15 is 0 Å². The standard InChI is InChI=1S/C13H26N2O2/c1-5-11(2)15(9-10-17-4)12(16)13(3)7-6-8-14-13/h11,14H,5-10H2,1-4H3. The van der Waals surface area contributed by atoms with Crippen LogP contribution in [0.2, 0.25) is 0 Å². The van der Waals surface area contributed by atoms with Crippen molar-refractivity contribution in [1.29, 1.82) is 0 Å². The van der Waals surface area contributed by atoms with Crippen molar-refractivity contribution in [3.63, 3.8) is 0 Å². The van der Waals surface area contributed by atoms with Crippen LogP contribution in [0, 0.1) is 0 Å². The molecular weight excluding hydrogens is 216 g/mol. The van der Waals surface area contributed by atoms with Crippen LogP contribution in [-0.2, 0) is 9.53 Å². The van der Waals surface area contributed by atoms with Gasteiger partial charge in [0.2, 0.25) is 5.91 Å². The summed E-state index contributed by atoms with van der Waals surface area (Å²) in [6, 6.07) is 0.275. The molecule has 0 aromatic rings. The topological polar surface area (TPSA) is 41.6 Å². The fourth-order valence-electron chi connectivity index (χ4n) is 2.33. The summed E-state index contributed by atoms with van der Waals surface area (Å²) in [5, 5.41) is 3.34. The summed E-state index contributed by atoms with van der Waals surface area (Å²) in [4.78, 5) is 14.5. The first-order valence-corrected chi connectivity index (χ1v) is 6.60. The number of carbonyl (C=O) groups is 1. The molecule has 0 aromatic carbocycles. The van der Waals surface area contributed by atoms with Crippen LogP contribution in [0.15, 0.2) is 0 Å². The Labute approximate surface area is 105 Å². The minimum Gasteiger partial charge on any atom is -0.383 e. The molecule has 0 aromatic heterocycles. The van der Waals surface area contributed by atoms with Gasteiger partial charge in [0.1, 0.15) is 0 Å². The summed E-state index contributed by atoms with van der Waals surface area (Å²) in [5.74, 6) is 0.224. The maximum atomic E-state index is 12.6. The van der Waals surface area contributed by atoms with Crippen LogP contribution in [0.25, 0.3) is 0 Å². The zero-order valence-electron chi connectivity index (χ0n) is 11.6. The van der Waals surface area contributed by atoms with E-state index in [1.165, 1.54) is 0 Å². The zero-order chi connectivity index (χ0) is 12.9. The molecule has 1 aliphatic rings. The van der Waals surface area contributed by atoms with Gasteiger partial charge in [-0.15, -0.1) is 0 Å². The van der Waals surface area contributed by atoms with Crippen LogP contribution in [0.5, 0.6) is 0 Å². The second-order valence-electron chi connectivity index (χ2n) is 5.11. The fourth-order valence-corrected chi connectivity index (χ4v) is 2.33. The lowest BCUT2D eigenvalue weighted by Gasteiger charge is -2.35. The van der Waals surface area contributed by atoms with E-state index in [-0.39, 0.29) is 17.5 Å². The van der Waals surface area contributed by atoms with E-state index in [4.69, 9.17) is 4.74 Å². The fraction of sp³-hybridized carbons (Fsp3) is 0.923. The number of carbonyl (C=O) groups excluding carboxylic acids is 1. The Hall–Kier alpha value is -0.610. The highest BCUT2D eigenvalue weighted by Gasteiger charge is 2.39. The molecule has 4 nitrogen and oxygen atoms in total. The summed E-state index contributed by atoms with van der Waals surface area (Å²) >= 11 is 0. The Morgan fingerprint density at radius 1 is 1.59 bits per heavy atom. The highest BCUT2D eigenvalue weighted by Crippen LogP contribution is 2.22. The predicted molar refractivity (Wildman–Crippen MR) is 69.0 cm³/mol. The van der Waals surface area contributed by atoms with Crippen LogP contribution in [0.4, 0.5) is 0 Å². The number of nitrogens with one attached hydrogen (secondary N) is 1. The quantitative estimate of drug-likeness (QED) is 0.765. The molecule has 1 aliphatic heterocycles. The number of hydrogen-bond acceptors (Lipinski definition) is 3. The lowest BCUT2D eigenvalue weighted by Crippen LogP contribution is -2.55. The zero-order valence-corrected chi connectivity index (χ0v) is 11.6. The lowest BCUT2D eigenvalue weighted by atomic mass is 9.97. The average molecular weight is 242 g/mol. The normalized spacial score (nSPS) is 25.9. The van der Waals surface area contributed by atoms with E-state index in [1.807, 2.05) is 11.8 Å². The van der Waals surface area contributed by atoms with Crippen molar-refractivity contribution >= 4 is 5.91 Å². The molecule has 1 amide bonds. The van der Waals surface area contributed by atoms with Crippen molar-refractivity contribution in [3.8, 4) is 0 Å². The number of hydrogen-bond donors (Lipinski definition) is 1. The van der Waals surface area contributed by atoms with Gasteiger partial charge in [-0.1, -0.05) is 6.92 Å². The number of rotatable bonds is 6. The molecule has 2 unspecified atom stereocenters.